The molecule has 2 saturated heterocycles. The van der Waals surface area contributed by atoms with E-state index in [4.69, 9.17) is 9.47 Å². The van der Waals surface area contributed by atoms with E-state index in [1.165, 1.54) is 0 Å². The van der Waals surface area contributed by atoms with Gasteiger partial charge in [0.1, 0.15) is 11.2 Å². The Morgan fingerprint density at radius 2 is 1.29 bits per heavy atom. The maximum Gasteiger partial charge on any atom is 0.119 e. The molecule has 0 aromatic heterocycles. The van der Waals surface area contributed by atoms with Crippen molar-refractivity contribution in [2.45, 2.75) is 36.9 Å². The van der Waals surface area contributed by atoms with Gasteiger partial charge in [-0.05, 0) is 37.8 Å². The Hall–Kier alpha value is -0.600. The highest BCUT2D eigenvalue weighted by atomic mass is 16.6. The minimum absolute atomic E-state index is 0.141. The molecule has 1 aliphatic carbocycles. The van der Waals surface area contributed by atoms with E-state index in [0.29, 0.717) is 0 Å². The van der Waals surface area contributed by atoms with Crippen LogP contribution in [0.5, 0.6) is 0 Å². The van der Waals surface area contributed by atoms with E-state index < -0.39 is 0 Å². The molecule has 2 nitrogen and oxygen atoms in total. The first-order valence-corrected chi connectivity index (χ1v) is 5.52. The van der Waals surface area contributed by atoms with Gasteiger partial charge < -0.3 is 9.47 Å². The number of hydrogen-bond acceptors (Lipinski definition) is 2. The predicted octanol–water partition coefficient (Wildman–Crippen LogP) is 2.21. The lowest BCUT2D eigenvalue weighted by Crippen LogP contribution is -2.51. The molecule has 0 aromatic rings. The number of ether oxygens (including phenoxy) is 2. The second kappa shape index (κ2) is 2.94. The van der Waals surface area contributed by atoms with Gasteiger partial charge in [-0.25, -0.2) is 0 Å². The summed E-state index contributed by atoms with van der Waals surface area (Å²) in [5.74, 6) is 0. The summed E-state index contributed by atoms with van der Waals surface area (Å²) < 4.78 is 11.9. The van der Waals surface area contributed by atoms with Gasteiger partial charge in [-0.2, -0.15) is 0 Å². The van der Waals surface area contributed by atoms with Crippen molar-refractivity contribution in [1.82, 2.24) is 0 Å². The van der Waals surface area contributed by atoms with Crippen LogP contribution in [0.25, 0.3) is 0 Å². The Balaban J connectivity index is 2.01. The molecule has 14 heavy (non-hydrogen) atoms. The molecule has 0 N–H and O–H groups in total. The third-order valence-electron chi connectivity index (χ3n) is 3.66. The smallest absolute Gasteiger partial charge is 0.119 e. The molecular formula is C12H16O2. The highest BCUT2D eigenvalue weighted by Crippen LogP contribution is 2.47. The Bertz CT molecular complexity index is 249. The first-order valence-electron chi connectivity index (χ1n) is 5.52. The third kappa shape index (κ3) is 0.984. The highest BCUT2D eigenvalue weighted by molar-refractivity contribution is 5.32. The molecule has 0 aromatic carbocycles. The van der Waals surface area contributed by atoms with E-state index >= 15 is 0 Å². The Labute approximate surface area is 84.6 Å². The molecular weight excluding hydrogens is 176 g/mol. The van der Waals surface area contributed by atoms with Crippen molar-refractivity contribution < 1.29 is 9.47 Å². The average Bonchev–Trinajstić information content (AvgIpc) is 2.81. The van der Waals surface area contributed by atoms with E-state index in [-0.39, 0.29) is 11.2 Å². The van der Waals surface area contributed by atoms with E-state index in [1.807, 2.05) is 0 Å². The fraction of sp³-hybridized carbons (Fsp3) is 0.667. The minimum Gasteiger partial charge on any atom is -0.368 e. The standard InChI is InChI=1S/C12H16O2/c1-2-6-12(8-4-10-14-12)11(5-1)7-3-9-13-11/h1-2,5-6H,3-4,7-10H2/t11-,12+. The molecule has 2 heteroatoms. The van der Waals surface area contributed by atoms with Crippen molar-refractivity contribution >= 4 is 0 Å². The summed E-state index contributed by atoms with van der Waals surface area (Å²) in [7, 11) is 0. The van der Waals surface area contributed by atoms with Gasteiger partial charge in [0.05, 0.1) is 0 Å². The normalized spacial score (nSPS) is 45.7. The summed E-state index contributed by atoms with van der Waals surface area (Å²) in [5, 5.41) is 0. The van der Waals surface area contributed by atoms with E-state index in [9.17, 15) is 0 Å². The van der Waals surface area contributed by atoms with Gasteiger partial charge in [0.2, 0.25) is 0 Å². The summed E-state index contributed by atoms with van der Waals surface area (Å²) >= 11 is 0. The van der Waals surface area contributed by atoms with Crippen molar-refractivity contribution in [1.29, 1.82) is 0 Å². The van der Waals surface area contributed by atoms with Gasteiger partial charge in [-0.3, -0.25) is 0 Å². The maximum absolute atomic E-state index is 5.96. The van der Waals surface area contributed by atoms with Crippen molar-refractivity contribution in [2.75, 3.05) is 13.2 Å². The molecule has 0 saturated carbocycles. The van der Waals surface area contributed by atoms with Crippen LogP contribution in [0, 0.1) is 0 Å². The summed E-state index contributed by atoms with van der Waals surface area (Å²) in [5.41, 5.74) is -0.281. The molecule has 0 radical (unpaired) electrons. The largest absolute Gasteiger partial charge is 0.368 e. The molecule has 0 unspecified atom stereocenters. The van der Waals surface area contributed by atoms with Gasteiger partial charge in [0.25, 0.3) is 0 Å². The third-order valence-corrected chi connectivity index (χ3v) is 3.66. The Morgan fingerprint density at radius 1 is 0.786 bits per heavy atom. The van der Waals surface area contributed by atoms with Crippen LogP contribution in [0.3, 0.4) is 0 Å². The number of rotatable bonds is 0. The number of hydrogen-bond donors (Lipinski definition) is 0. The zero-order chi connectivity index (χ0) is 9.49. The Morgan fingerprint density at radius 3 is 1.64 bits per heavy atom. The molecule has 2 spiro atoms. The topological polar surface area (TPSA) is 18.5 Å². The van der Waals surface area contributed by atoms with Gasteiger partial charge in [-0.15, -0.1) is 0 Å². The van der Waals surface area contributed by atoms with Crippen LogP contribution in [-0.4, -0.2) is 24.4 Å². The van der Waals surface area contributed by atoms with E-state index in [0.717, 1.165) is 38.9 Å². The minimum atomic E-state index is -0.141. The molecule has 3 rings (SSSR count). The monoisotopic (exact) mass is 192 g/mol. The SMILES string of the molecule is C1=C[C@@]2(CCCO2)[C@]2(C=C1)CCCO2. The Kier molecular flexibility index (Phi) is 1.83. The van der Waals surface area contributed by atoms with Crippen LogP contribution in [0.1, 0.15) is 25.7 Å². The van der Waals surface area contributed by atoms with Crippen molar-refractivity contribution in [2.24, 2.45) is 0 Å². The zero-order valence-corrected chi connectivity index (χ0v) is 8.37. The molecule has 0 amide bonds. The summed E-state index contributed by atoms with van der Waals surface area (Å²) in [6.07, 6.45) is 13.1. The van der Waals surface area contributed by atoms with E-state index in [2.05, 4.69) is 24.3 Å². The van der Waals surface area contributed by atoms with Gasteiger partial charge in [0.15, 0.2) is 0 Å². The van der Waals surface area contributed by atoms with Gasteiger partial charge in [0, 0.05) is 13.2 Å². The number of allylic oxidation sites excluding steroid dienone is 2. The van der Waals surface area contributed by atoms with Gasteiger partial charge in [-0.1, -0.05) is 12.2 Å². The van der Waals surface area contributed by atoms with Crippen LogP contribution < -0.4 is 0 Å². The zero-order valence-electron chi connectivity index (χ0n) is 8.37. The molecule has 3 aliphatic rings. The summed E-state index contributed by atoms with van der Waals surface area (Å²) in [6, 6.07) is 0. The first-order chi connectivity index (χ1) is 6.87. The maximum atomic E-state index is 5.96. The molecule has 2 heterocycles. The average molecular weight is 192 g/mol. The molecule has 2 fully saturated rings. The van der Waals surface area contributed by atoms with Crippen molar-refractivity contribution in [3.05, 3.63) is 24.3 Å². The van der Waals surface area contributed by atoms with Crippen LogP contribution in [0.15, 0.2) is 24.3 Å². The second-order valence-electron chi connectivity index (χ2n) is 4.40. The summed E-state index contributed by atoms with van der Waals surface area (Å²) in [6.45, 7) is 1.76. The lowest BCUT2D eigenvalue weighted by Gasteiger charge is -2.42. The first kappa shape index (κ1) is 8.69. The lowest BCUT2D eigenvalue weighted by molar-refractivity contribution is -0.115. The predicted molar refractivity (Wildman–Crippen MR) is 54.1 cm³/mol. The van der Waals surface area contributed by atoms with E-state index in [1.54, 1.807) is 0 Å². The summed E-state index contributed by atoms with van der Waals surface area (Å²) in [4.78, 5) is 0. The lowest BCUT2D eigenvalue weighted by atomic mass is 9.76. The fourth-order valence-corrected chi connectivity index (χ4v) is 2.96. The van der Waals surface area contributed by atoms with Crippen LogP contribution in [0.2, 0.25) is 0 Å². The molecule has 0 bridgehead atoms. The van der Waals surface area contributed by atoms with Crippen LogP contribution in [0.4, 0.5) is 0 Å². The molecule has 2 aliphatic heterocycles. The second-order valence-corrected chi connectivity index (χ2v) is 4.40. The van der Waals surface area contributed by atoms with Crippen LogP contribution in [-0.2, 0) is 9.47 Å². The fourth-order valence-electron chi connectivity index (χ4n) is 2.96. The number of fused-ring (bicyclic) bond motifs is 1. The van der Waals surface area contributed by atoms with Crippen LogP contribution >= 0.6 is 0 Å². The molecule has 76 valence electrons. The highest BCUT2D eigenvalue weighted by Gasteiger charge is 2.54. The molecule has 2 atom stereocenters. The van der Waals surface area contributed by atoms with Crippen molar-refractivity contribution in [3.63, 3.8) is 0 Å². The van der Waals surface area contributed by atoms with Crippen molar-refractivity contribution in [3.8, 4) is 0 Å². The quantitative estimate of drug-likeness (QED) is 0.586. The van der Waals surface area contributed by atoms with Gasteiger partial charge >= 0.3 is 0 Å².